The quantitative estimate of drug-likeness (QED) is 0.0281. The molecule has 7 heterocycles. The molecule has 5 aliphatic carbocycles. The van der Waals surface area contributed by atoms with Crippen LogP contribution in [0.1, 0.15) is 127 Å². The summed E-state index contributed by atoms with van der Waals surface area (Å²) in [6, 6.07) is 0. The second-order valence-electron chi connectivity index (χ2n) is 33.5. The Kier molecular flexibility index (Phi) is 23.8. The zero-order valence-corrected chi connectivity index (χ0v) is 60.2. The van der Waals surface area contributed by atoms with E-state index in [9.17, 15) is 102 Å². The summed E-state index contributed by atoms with van der Waals surface area (Å²) in [5, 5.41) is 197. The van der Waals surface area contributed by atoms with Gasteiger partial charge >= 0.3 is 11.9 Å². The molecule has 35 heteroatoms. The van der Waals surface area contributed by atoms with Crippen LogP contribution in [-0.2, 0) is 80.7 Å². The van der Waals surface area contributed by atoms with Crippen molar-refractivity contribution in [2.75, 3.05) is 19.8 Å². The van der Waals surface area contributed by atoms with Crippen LogP contribution in [0.5, 0.6) is 0 Å². The van der Waals surface area contributed by atoms with Gasteiger partial charge in [0.1, 0.15) is 134 Å². The van der Waals surface area contributed by atoms with E-state index in [-0.39, 0.29) is 17.8 Å². The van der Waals surface area contributed by atoms with Crippen LogP contribution in [0.25, 0.3) is 0 Å². The van der Waals surface area contributed by atoms with Gasteiger partial charge in [-0.1, -0.05) is 53.2 Å². The van der Waals surface area contributed by atoms with E-state index in [0.29, 0.717) is 57.8 Å². The van der Waals surface area contributed by atoms with Gasteiger partial charge in [-0.25, -0.2) is 4.79 Å². The fraction of sp³-hybridized carbons (Fsp3) is 0.929. The largest absolute Gasteiger partial charge is 0.479 e. The van der Waals surface area contributed by atoms with Gasteiger partial charge in [0.15, 0.2) is 49.9 Å². The van der Waals surface area contributed by atoms with Crippen LogP contribution in [-0.4, -0.2) is 339 Å². The summed E-state index contributed by atoms with van der Waals surface area (Å²) in [7, 11) is 0. The van der Waals surface area contributed by atoms with E-state index in [4.69, 9.17) is 66.3 Å². The number of aliphatic hydroxyl groups is 17. The maximum atomic E-state index is 16.0. The van der Waals surface area contributed by atoms with E-state index >= 15 is 4.79 Å². The van der Waals surface area contributed by atoms with Gasteiger partial charge in [-0.3, -0.25) is 4.79 Å². The highest BCUT2D eigenvalue weighted by molar-refractivity contribution is 5.79. The lowest BCUT2D eigenvalue weighted by molar-refractivity contribution is -0.391. The monoisotopic (exact) mass is 1510 g/mol. The predicted octanol–water partition coefficient (Wildman–Crippen LogP) is -4.93. The van der Waals surface area contributed by atoms with Crippen molar-refractivity contribution in [2.24, 2.45) is 50.2 Å². The summed E-state index contributed by atoms with van der Waals surface area (Å²) in [5.41, 5.74) is -3.68. The van der Waals surface area contributed by atoms with Crippen LogP contribution < -0.4 is 0 Å². The fourth-order valence-electron chi connectivity index (χ4n) is 20.1. The molecular formula is C70H110O35. The lowest BCUT2D eigenvalue weighted by atomic mass is 9.33. The van der Waals surface area contributed by atoms with Gasteiger partial charge in [0, 0.05) is 0 Å². The predicted molar refractivity (Wildman–Crippen MR) is 345 cm³/mol. The Balaban J connectivity index is 0.824. The Labute approximate surface area is 606 Å². The Hall–Kier alpha value is -2.85. The number of ether oxygens (including phenoxy) is 14. The van der Waals surface area contributed by atoms with Crippen molar-refractivity contribution in [3.8, 4) is 0 Å². The van der Waals surface area contributed by atoms with Crippen molar-refractivity contribution in [2.45, 2.75) is 335 Å². The third kappa shape index (κ3) is 14.1. The second kappa shape index (κ2) is 30.6. The normalized spacial score (nSPS) is 55.1. The first-order valence-electron chi connectivity index (χ1n) is 36.8. The van der Waals surface area contributed by atoms with Gasteiger partial charge in [-0.2, -0.15) is 0 Å². The molecular weight excluding hydrogens is 1400 g/mol. The number of esters is 1. The SMILES string of the molecule is C[C@@H]1O[C@@H](O[C@H]2[C@H](O)[C@@H](C)O[C@@H](OC(=O)[C@]34CCC(C)(C)C[C@H]3C3=CC[C@@H]5[C@@]6(C)CC[C@H](O[C@@H]7O[C@H](C(=O)O)[C@@H](O)[C@H](O[C@@H]8OC[C@H](O)[C@H](O)[C@H]8O)[C@H]7O[C@@H]7O[C@H](CO)[C@H](O)[C@H](O)[C@H]7O)[C@@](C)(C=O)[C@@H]6CC[C@@]5(C)[C@]3(C)CC4)[C@@H]2O[C@@H]2O[C@@H](C)[C@H](O[C@@H]3OC[C@@H](O)[C@H](O)[C@H]3O)[C@@H](O)[C@H]2O)[C@H](O)[C@H](O)[C@H]1O. The van der Waals surface area contributed by atoms with Crippen LogP contribution >= 0.6 is 0 Å². The minimum atomic E-state index is -2.21. The number of fused-ring (bicyclic) bond motifs is 7. The van der Waals surface area contributed by atoms with Crippen molar-refractivity contribution in [1.29, 1.82) is 0 Å². The Morgan fingerprint density at radius 2 is 0.990 bits per heavy atom. The zero-order valence-electron chi connectivity index (χ0n) is 60.2. The number of hydrogen-bond acceptors (Lipinski definition) is 34. The summed E-state index contributed by atoms with van der Waals surface area (Å²) in [5.74, 6) is -3.45. The summed E-state index contributed by atoms with van der Waals surface area (Å²) >= 11 is 0. The minimum absolute atomic E-state index is 0.131. The van der Waals surface area contributed by atoms with Crippen molar-refractivity contribution in [1.82, 2.24) is 0 Å². The molecule has 11 fully saturated rings. The van der Waals surface area contributed by atoms with E-state index < -0.39 is 280 Å². The highest BCUT2D eigenvalue weighted by Crippen LogP contribution is 2.76. The summed E-state index contributed by atoms with van der Waals surface area (Å²) < 4.78 is 85.4. The third-order valence-corrected chi connectivity index (χ3v) is 26.8. The Morgan fingerprint density at radius 1 is 0.486 bits per heavy atom. The molecule has 0 aromatic carbocycles. The van der Waals surface area contributed by atoms with E-state index in [1.165, 1.54) is 20.8 Å². The van der Waals surface area contributed by atoms with Crippen LogP contribution in [0, 0.1) is 50.2 Å². The topological polar surface area (TPSA) is 545 Å². The molecule has 0 spiro atoms. The van der Waals surface area contributed by atoms with Gasteiger partial charge in [0.05, 0.1) is 55.1 Å². The maximum absolute atomic E-state index is 16.0. The number of aliphatic hydroxyl groups excluding tert-OH is 17. The van der Waals surface area contributed by atoms with Crippen LogP contribution in [0.15, 0.2) is 11.6 Å². The fourth-order valence-corrected chi connectivity index (χ4v) is 20.1. The van der Waals surface area contributed by atoms with Crippen molar-refractivity contribution in [3.05, 3.63) is 11.6 Å². The Bertz CT molecular complexity index is 3080. The first kappa shape index (κ1) is 81.6. The molecule has 7 aliphatic heterocycles. The average molecular weight is 1510 g/mol. The average Bonchev–Trinajstić information content (AvgIpc) is 0.674. The summed E-state index contributed by atoms with van der Waals surface area (Å²) in [4.78, 5) is 43.4. The number of carboxylic acid groups (broad SMARTS) is 1. The van der Waals surface area contributed by atoms with Gasteiger partial charge in [-0.05, 0) is 124 Å². The molecule has 105 heavy (non-hydrogen) atoms. The molecule has 42 atom stereocenters. The van der Waals surface area contributed by atoms with Gasteiger partial charge < -0.3 is 163 Å². The van der Waals surface area contributed by atoms with Gasteiger partial charge in [0.25, 0.3) is 0 Å². The second-order valence-corrected chi connectivity index (χ2v) is 33.5. The maximum Gasteiger partial charge on any atom is 0.335 e. The smallest absolute Gasteiger partial charge is 0.335 e. The molecule has 0 aromatic heterocycles. The van der Waals surface area contributed by atoms with E-state index in [2.05, 4.69) is 40.7 Å². The molecule has 35 nitrogen and oxygen atoms in total. The van der Waals surface area contributed by atoms with Crippen molar-refractivity contribution < 1.29 is 173 Å². The molecule has 12 rings (SSSR count). The standard InChI is InChI=1S/C70H110O35/c1-25-36(75)41(80)46(85)59(94-25)101-51-37(76)26(2)95-62(54(51)103-60-48(87)43(82)50(27(3)96-60)99-57-44(83)38(77)30(73)22-92-57)105-64(91)70-18-16-65(4,5)20-29(70)28-10-11-34-66(6)14-13-35(67(7,24-72)33(66)12-15-69(34,9)68(28,8)17-19-70)98-63-55(104-61-47(86)42(81)40(79)32(21-71)97-61)52(49(88)53(102-63)56(89)90)100-58-45(84)39(78)31(74)23-93-58/h10,24-27,29-55,57-63,71,73-88H,11-23H2,1-9H3,(H,89,90)/t25-,26+,27-,29-,30+,31-,32+,33+,34+,35-,36-,37+,38-,39-,40-,41+,42-,43-,44+,45+,46+,47+,48+,49-,50-,51-,52-,53-,54+,55+,57-,58-,59-,60-,61-,62-,63+,66-,67-,68+,69+,70-/m0/s1. The molecule has 12 aliphatic rings. The highest BCUT2D eigenvalue weighted by Gasteiger charge is 2.72. The number of carbonyl (C=O) groups is 3. The molecule has 0 amide bonds. The number of allylic oxidation sites excluding steroid dienone is 2. The van der Waals surface area contributed by atoms with E-state index in [1.807, 2.05) is 0 Å². The van der Waals surface area contributed by atoms with E-state index in [0.717, 1.165) is 11.9 Å². The first-order chi connectivity index (χ1) is 49.2. The van der Waals surface area contributed by atoms with Gasteiger partial charge in [-0.15, -0.1) is 0 Å². The third-order valence-electron chi connectivity index (χ3n) is 26.8. The molecule has 18 N–H and O–H groups in total. The van der Waals surface area contributed by atoms with Gasteiger partial charge in [0.2, 0.25) is 6.29 Å². The molecule has 0 unspecified atom stereocenters. The number of carboxylic acids is 1. The van der Waals surface area contributed by atoms with Crippen molar-refractivity contribution >= 4 is 18.2 Å². The number of aliphatic carboxylic acids is 1. The highest BCUT2D eigenvalue weighted by atomic mass is 16.8. The molecule has 7 saturated heterocycles. The first-order valence-corrected chi connectivity index (χ1v) is 36.8. The lowest BCUT2D eigenvalue weighted by Gasteiger charge is -2.71. The number of rotatable bonds is 17. The molecule has 0 aromatic rings. The lowest BCUT2D eigenvalue weighted by Crippen LogP contribution is -2.69. The molecule has 0 bridgehead atoms. The van der Waals surface area contributed by atoms with Crippen LogP contribution in [0.3, 0.4) is 0 Å². The minimum Gasteiger partial charge on any atom is -0.479 e. The Morgan fingerprint density at radius 3 is 1.59 bits per heavy atom. The van der Waals surface area contributed by atoms with Crippen LogP contribution in [0.4, 0.5) is 0 Å². The number of hydrogen-bond donors (Lipinski definition) is 18. The summed E-state index contributed by atoms with van der Waals surface area (Å²) in [6.07, 6.45) is -52.2. The summed E-state index contributed by atoms with van der Waals surface area (Å²) in [6.45, 7) is 15.1. The van der Waals surface area contributed by atoms with Crippen molar-refractivity contribution in [3.63, 3.8) is 0 Å². The molecule has 4 saturated carbocycles. The zero-order chi connectivity index (χ0) is 76.6. The molecule has 0 radical (unpaired) electrons. The molecule has 600 valence electrons. The van der Waals surface area contributed by atoms with E-state index in [1.54, 1.807) is 6.92 Å². The van der Waals surface area contributed by atoms with Crippen LogP contribution in [0.2, 0.25) is 0 Å². The number of carbonyl (C=O) groups excluding carboxylic acids is 2. The number of aldehydes is 1.